The van der Waals surface area contributed by atoms with Gasteiger partial charge in [-0.25, -0.2) is 4.98 Å². The first-order chi connectivity index (χ1) is 12.2. The van der Waals surface area contributed by atoms with E-state index in [1.165, 1.54) is 5.56 Å². The SMILES string of the molecule is COc1cc(CNCc2cnc3ccc(C)cn23)ccc1OCCO. The number of aryl methyl sites for hydroxylation is 1. The van der Waals surface area contributed by atoms with Gasteiger partial charge in [-0.2, -0.15) is 0 Å². The molecule has 0 bridgehead atoms. The number of hydrogen-bond acceptors (Lipinski definition) is 5. The predicted molar refractivity (Wildman–Crippen MR) is 96.0 cm³/mol. The molecular weight excluding hydrogens is 318 g/mol. The maximum absolute atomic E-state index is 8.86. The van der Waals surface area contributed by atoms with Crippen LogP contribution < -0.4 is 14.8 Å². The van der Waals surface area contributed by atoms with E-state index in [2.05, 4.69) is 33.9 Å². The zero-order valence-electron chi connectivity index (χ0n) is 14.5. The second kappa shape index (κ2) is 8.00. The lowest BCUT2D eigenvalue weighted by molar-refractivity contribution is 0.196. The molecule has 0 saturated heterocycles. The minimum Gasteiger partial charge on any atom is -0.493 e. The van der Waals surface area contributed by atoms with Gasteiger partial charge >= 0.3 is 0 Å². The smallest absolute Gasteiger partial charge is 0.161 e. The Morgan fingerprint density at radius 3 is 2.84 bits per heavy atom. The molecule has 3 rings (SSSR count). The number of methoxy groups -OCH3 is 1. The van der Waals surface area contributed by atoms with Gasteiger partial charge in [0, 0.05) is 19.3 Å². The van der Waals surface area contributed by atoms with E-state index in [-0.39, 0.29) is 13.2 Å². The Labute approximate surface area is 147 Å². The third-order valence-corrected chi connectivity index (χ3v) is 3.94. The molecule has 0 fully saturated rings. The summed E-state index contributed by atoms with van der Waals surface area (Å²) in [5, 5.41) is 12.3. The van der Waals surface area contributed by atoms with Crippen LogP contribution in [0, 0.1) is 6.92 Å². The quantitative estimate of drug-likeness (QED) is 0.658. The molecule has 0 unspecified atom stereocenters. The van der Waals surface area contributed by atoms with Gasteiger partial charge in [0.1, 0.15) is 12.3 Å². The average molecular weight is 341 g/mol. The van der Waals surface area contributed by atoms with Crippen molar-refractivity contribution in [3.8, 4) is 11.5 Å². The molecule has 6 nitrogen and oxygen atoms in total. The molecule has 2 heterocycles. The number of fused-ring (bicyclic) bond motifs is 1. The highest BCUT2D eigenvalue weighted by atomic mass is 16.5. The topological polar surface area (TPSA) is 68.0 Å². The summed E-state index contributed by atoms with van der Waals surface area (Å²) in [6, 6.07) is 9.88. The fourth-order valence-electron chi connectivity index (χ4n) is 2.70. The van der Waals surface area contributed by atoms with Crippen molar-refractivity contribution in [2.75, 3.05) is 20.3 Å². The first kappa shape index (κ1) is 17.3. The Bertz CT molecular complexity index is 845. The molecule has 0 atom stereocenters. The van der Waals surface area contributed by atoms with Crippen LogP contribution in [0.3, 0.4) is 0 Å². The van der Waals surface area contributed by atoms with Crippen molar-refractivity contribution in [1.82, 2.24) is 14.7 Å². The van der Waals surface area contributed by atoms with E-state index in [1.807, 2.05) is 30.5 Å². The fourth-order valence-corrected chi connectivity index (χ4v) is 2.70. The summed E-state index contributed by atoms with van der Waals surface area (Å²) in [6.45, 7) is 3.72. The van der Waals surface area contributed by atoms with Crippen molar-refractivity contribution in [1.29, 1.82) is 0 Å². The van der Waals surface area contributed by atoms with Gasteiger partial charge in [-0.05, 0) is 36.2 Å². The van der Waals surface area contributed by atoms with Gasteiger partial charge in [0.2, 0.25) is 0 Å². The molecule has 0 aliphatic heterocycles. The van der Waals surface area contributed by atoms with Crippen molar-refractivity contribution >= 4 is 5.65 Å². The van der Waals surface area contributed by atoms with Crippen LogP contribution in [0.5, 0.6) is 11.5 Å². The zero-order chi connectivity index (χ0) is 17.6. The van der Waals surface area contributed by atoms with Crippen LogP contribution in [0.15, 0.2) is 42.7 Å². The van der Waals surface area contributed by atoms with E-state index in [0.717, 1.165) is 23.4 Å². The highest BCUT2D eigenvalue weighted by molar-refractivity contribution is 5.43. The molecule has 2 N–H and O–H groups in total. The van der Waals surface area contributed by atoms with Crippen molar-refractivity contribution in [2.45, 2.75) is 20.0 Å². The van der Waals surface area contributed by atoms with E-state index in [9.17, 15) is 0 Å². The normalized spacial score (nSPS) is 11.0. The van der Waals surface area contributed by atoms with Crippen molar-refractivity contribution < 1.29 is 14.6 Å². The van der Waals surface area contributed by atoms with E-state index >= 15 is 0 Å². The molecule has 6 heteroatoms. The minimum atomic E-state index is -0.0226. The molecule has 132 valence electrons. The second-order valence-electron chi connectivity index (χ2n) is 5.85. The van der Waals surface area contributed by atoms with Gasteiger partial charge in [0.05, 0.1) is 25.6 Å². The maximum Gasteiger partial charge on any atom is 0.161 e. The highest BCUT2D eigenvalue weighted by Gasteiger charge is 2.07. The monoisotopic (exact) mass is 341 g/mol. The molecule has 0 amide bonds. The number of aliphatic hydroxyl groups is 1. The molecule has 0 radical (unpaired) electrons. The van der Waals surface area contributed by atoms with Crippen molar-refractivity contribution in [2.24, 2.45) is 0 Å². The van der Waals surface area contributed by atoms with E-state index < -0.39 is 0 Å². The maximum atomic E-state index is 8.86. The summed E-state index contributed by atoms with van der Waals surface area (Å²) >= 11 is 0. The number of imidazole rings is 1. The number of aliphatic hydroxyl groups excluding tert-OH is 1. The van der Waals surface area contributed by atoms with Crippen LogP contribution in [0.2, 0.25) is 0 Å². The number of rotatable bonds is 8. The highest BCUT2D eigenvalue weighted by Crippen LogP contribution is 2.28. The lowest BCUT2D eigenvalue weighted by Crippen LogP contribution is -2.14. The number of nitrogens with one attached hydrogen (secondary N) is 1. The number of ether oxygens (including phenoxy) is 2. The van der Waals surface area contributed by atoms with E-state index in [4.69, 9.17) is 14.6 Å². The molecule has 1 aromatic carbocycles. The Balaban J connectivity index is 1.64. The Morgan fingerprint density at radius 2 is 2.04 bits per heavy atom. The lowest BCUT2D eigenvalue weighted by Gasteiger charge is -2.12. The Morgan fingerprint density at radius 1 is 1.16 bits per heavy atom. The molecule has 0 aliphatic rings. The average Bonchev–Trinajstić information content (AvgIpc) is 3.02. The molecule has 2 aromatic heterocycles. The largest absolute Gasteiger partial charge is 0.493 e. The van der Waals surface area contributed by atoms with Crippen LogP contribution >= 0.6 is 0 Å². The summed E-state index contributed by atoms with van der Waals surface area (Å²) in [6.07, 6.45) is 3.99. The third kappa shape index (κ3) is 4.10. The summed E-state index contributed by atoms with van der Waals surface area (Å²) in [5.41, 5.74) is 4.37. The number of pyridine rings is 1. The van der Waals surface area contributed by atoms with Crippen molar-refractivity contribution in [3.05, 3.63) is 59.5 Å². The summed E-state index contributed by atoms with van der Waals surface area (Å²) in [4.78, 5) is 4.42. The van der Waals surface area contributed by atoms with Gasteiger partial charge in [-0.15, -0.1) is 0 Å². The second-order valence-corrected chi connectivity index (χ2v) is 5.85. The first-order valence-corrected chi connectivity index (χ1v) is 8.25. The van der Waals surface area contributed by atoms with Crippen LogP contribution in [-0.2, 0) is 13.1 Å². The molecule has 0 aliphatic carbocycles. The zero-order valence-corrected chi connectivity index (χ0v) is 14.5. The number of aromatic nitrogens is 2. The Kier molecular flexibility index (Phi) is 5.53. The standard InChI is InChI=1S/C19H23N3O3/c1-14-3-6-19-21-12-16(22(19)13-14)11-20-10-15-4-5-17(25-8-7-23)18(9-15)24-2/h3-6,9,12-13,20,23H,7-8,10-11H2,1-2H3. The molecule has 25 heavy (non-hydrogen) atoms. The summed E-state index contributed by atoms with van der Waals surface area (Å²) < 4.78 is 12.9. The lowest BCUT2D eigenvalue weighted by atomic mass is 10.2. The number of hydrogen-bond donors (Lipinski definition) is 2. The third-order valence-electron chi connectivity index (χ3n) is 3.94. The van der Waals surface area contributed by atoms with Gasteiger partial charge in [-0.1, -0.05) is 12.1 Å². The van der Waals surface area contributed by atoms with Crippen molar-refractivity contribution in [3.63, 3.8) is 0 Å². The first-order valence-electron chi connectivity index (χ1n) is 8.25. The van der Waals surface area contributed by atoms with Crippen LogP contribution in [0.25, 0.3) is 5.65 Å². The van der Waals surface area contributed by atoms with Gasteiger partial charge in [-0.3, -0.25) is 0 Å². The predicted octanol–water partition coefficient (Wildman–Crippen LogP) is 2.31. The van der Waals surface area contributed by atoms with Gasteiger partial charge in [0.15, 0.2) is 11.5 Å². The fraction of sp³-hybridized carbons (Fsp3) is 0.316. The molecule has 0 saturated carbocycles. The van der Waals surface area contributed by atoms with E-state index in [0.29, 0.717) is 18.0 Å². The van der Waals surface area contributed by atoms with Crippen LogP contribution in [0.4, 0.5) is 0 Å². The van der Waals surface area contributed by atoms with Crippen LogP contribution in [0.1, 0.15) is 16.8 Å². The molecule has 0 spiro atoms. The van der Waals surface area contributed by atoms with Gasteiger partial charge < -0.3 is 24.3 Å². The summed E-state index contributed by atoms with van der Waals surface area (Å²) in [7, 11) is 1.61. The number of benzene rings is 1. The van der Waals surface area contributed by atoms with Crippen LogP contribution in [-0.4, -0.2) is 34.8 Å². The van der Waals surface area contributed by atoms with E-state index in [1.54, 1.807) is 7.11 Å². The molecule has 3 aromatic rings. The summed E-state index contributed by atoms with van der Waals surface area (Å²) in [5.74, 6) is 1.30. The van der Waals surface area contributed by atoms with Gasteiger partial charge in [0.25, 0.3) is 0 Å². The Hall–Kier alpha value is -2.57. The number of nitrogens with zero attached hydrogens (tertiary/aromatic N) is 2. The molecular formula is C19H23N3O3. The minimum absolute atomic E-state index is 0.0226.